The van der Waals surface area contributed by atoms with E-state index in [0.717, 1.165) is 18.2 Å². The van der Waals surface area contributed by atoms with Crippen LogP contribution >= 0.6 is 0 Å². The molecule has 3 aromatic heterocycles. The van der Waals surface area contributed by atoms with Crippen molar-refractivity contribution in [1.82, 2.24) is 34.8 Å². The minimum Gasteiger partial charge on any atom is -0.494 e. The van der Waals surface area contributed by atoms with E-state index in [1.54, 1.807) is 24.7 Å². The molecule has 2 N–H and O–H groups in total. The van der Waals surface area contributed by atoms with Crippen molar-refractivity contribution in [1.29, 1.82) is 0 Å². The number of hydrogen-bond donors (Lipinski definition) is 2. The Labute approximate surface area is 247 Å². The van der Waals surface area contributed by atoms with Crippen molar-refractivity contribution in [2.24, 2.45) is 7.05 Å². The Morgan fingerprint density at radius 1 is 1.16 bits per heavy atom. The van der Waals surface area contributed by atoms with Gasteiger partial charge >= 0.3 is 6.18 Å². The molecule has 0 radical (unpaired) electrons. The third-order valence-electron chi connectivity index (χ3n) is 7.72. The minimum absolute atomic E-state index is 0.00521. The van der Waals surface area contributed by atoms with Gasteiger partial charge in [-0.05, 0) is 49.4 Å². The summed E-state index contributed by atoms with van der Waals surface area (Å²) < 4.78 is 72.5. The SMILES string of the molecule is COc1cc(C(=O)NCC(O)(c2cc3c(c(-c4ccc(F)cc4)n2)OC[C@]3(C)n2cnnc2)C(F)(F)F)cc2cn(C)nc12. The van der Waals surface area contributed by atoms with Crippen molar-refractivity contribution < 1.29 is 36.9 Å². The lowest BCUT2D eigenvalue weighted by Gasteiger charge is -2.32. The summed E-state index contributed by atoms with van der Waals surface area (Å²) in [6, 6.07) is 8.85. The number of halogens is 4. The molecule has 1 aliphatic heterocycles. The lowest BCUT2D eigenvalue weighted by Crippen LogP contribution is -2.51. The highest BCUT2D eigenvalue weighted by Gasteiger charge is 2.57. The highest BCUT2D eigenvalue weighted by Crippen LogP contribution is 2.48. The first-order chi connectivity index (χ1) is 20.8. The summed E-state index contributed by atoms with van der Waals surface area (Å²) in [6.07, 6.45) is -0.890. The molecule has 1 amide bonds. The molecule has 0 fully saturated rings. The third kappa shape index (κ3) is 4.69. The summed E-state index contributed by atoms with van der Waals surface area (Å²) >= 11 is 0. The van der Waals surface area contributed by atoms with Crippen LogP contribution in [-0.2, 0) is 18.2 Å². The first kappa shape index (κ1) is 29.0. The van der Waals surface area contributed by atoms with E-state index >= 15 is 0 Å². The second-order valence-corrected chi connectivity index (χ2v) is 10.6. The predicted octanol–water partition coefficient (Wildman–Crippen LogP) is 3.71. The Morgan fingerprint density at radius 2 is 1.86 bits per heavy atom. The number of hydrogen-bond acceptors (Lipinski definition) is 8. The molecule has 1 unspecified atom stereocenters. The van der Waals surface area contributed by atoms with Crippen LogP contribution in [0.4, 0.5) is 17.6 Å². The van der Waals surface area contributed by atoms with E-state index in [2.05, 4.69) is 25.6 Å². The number of aliphatic hydroxyl groups is 1. The lowest BCUT2D eigenvalue weighted by atomic mass is 9.88. The van der Waals surface area contributed by atoms with Gasteiger partial charge in [-0.15, -0.1) is 10.2 Å². The number of ether oxygens (including phenoxy) is 2. The van der Waals surface area contributed by atoms with Crippen molar-refractivity contribution in [3.8, 4) is 22.8 Å². The average molecular weight is 612 g/mol. The molecule has 1 aliphatic rings. The fraction of sp³-hybridized carbons (Fsp3) is 0.276. The molecule has 4 heterocycles. The molecular formula is C29H25F4N7O4. The van der Waals surface area contributed by atoms with Gasteiger partial charge in [0.05, 0.1) is 19.3 Å². The largest absolute Gasteiger partial charge is 0.494 e. The minimum atomic E-state index is -5.29. The number of aryl methyl sites for hydroxylation is 1. The number of pyridine rings is 1. The van der Waals surface area contributed by atoms with E-state index in [9.17, 15) is 27.5 Å². The van der Waals surface area contributed by atoms with Crippen molar-refractivity contribution >= 4 is 16.8 Å². The van der Waals surface area contributed by atoms with Gasteiger partial charge in [0.15, 0.2) is 5.75 Å². The van der Waals surface area contributed by atoms with E-state index < -0.39 is 41.3 Å². The number of methoxy groups -OCH3 is 1. The quantitative estimate of drug-likeness (QED) is 0.267. The second kappa shape index (κ2) is 10.3. The molecule has 2 aromatic carbocycles. The molecule has 6 rings (SSSR count). The molecule has 0 spiro atoms. The van der Waals surface area contributed by atoms with Crippen molar-refractivity contribution in [2.45, 2.75) is 24.2 Å². The van der Waals surface area contributed by atoms with Crippen molar-refractivity contribution in [2.75, 3.05) is 20.3 Å². The fourth-order valence-electron chi connectivity index (χ4n) is 5.21. The van der Waals surface area contributed by atoms with Crippen LogP contribution in [0.2, 0.25) is 0 Å². The summed E-state index contributed by atoms with van der Waals surface area (Å²) in [5.74, 6) is -1.06. The van der Waals surface area contributed by atoms with E-state index in [4.69, 9.17) is 9.47 Å². The van der Waals surface area contributed by atoms with Crippen LogP contribution in [0.3, 0.4) is 0 Å². The van der Waals surface area contributed by atoms with Crippen molar-refractivity contribution in [3.63, 3.8) is 0 Å². The Morgan fingerprint density at radius 3 is 2.52 bits per heavy atom. The van der Waals surface area contributed by atoms with Gasteiger partial charge in [0, 0.05) is 35.3 Å². The Bertz CT molecular complexity index is 1880. The number of nitrogens with one attached hydrogen (secondary N) is 1. The number of nitrogens with zero attached hydrogens (tertiary/aromatic N) is 6. The lowest BCUT2D eigenvalue weighted by molar-refractivity contribution is -0.265. The Kier molecular flexibility index (Phi) is 6.79. The van der Waals surface area contributed by atoms with Gasteiger partial charge in [0.2, 0.25) is 5.60 Å². The van der Waals surface area contributed by atoms with Gasteiger partial charge in [0.25, 0.3) is 5.91 Å². The number of alkyl halides is 3. The van der Waals surface area contributed by atoms with E-state index in [-0.39, 0.29) is 40.5 Å². The van der Waals surface area contributed by atoms with Crippen LogP contribution in [0.5, 0.6) is 11.5 Å². The van der Waals surface area contributed by atoms with Crippen molar-refractivity contribution in [3.05, 3.63) is 84.0 Å². The predicted molar refractivity (Wildman–Crippen MR) is 147 cm³/mol. The number of fused-ring (bicyclic) bond motifs is 2. The van der Waals surface area contributed by atoms with Gasteiger partial charge in [-0.3, -0.25) is 9.48 Å². The number of amides is 1. The molecule has 228 valence electrons. The third-order valence-corrected chi connectivity index (χ3v) is 7.72. The molecule has 5 aromatic rings. The summed E-state index contributed by atoms with van der Waals surface area (Å²) in [4.78, 5) is 17.4. The maximum absolute atomic E-state index is 14.8. The maximum atomic E-state index is 14.8. The van der Waals surface area contributed by atoms with Crippen LogP contribution in [0, 0.1) is 5.82 Å². The molecule has 0 saturated carbocycles. The topological polar surface area (TPSA) is 129 Å². The highest BCUT2D eigenvalue weighted by molar-refractivity contribution is 5.99. The first-order valence-corrected chi connectivity index (χ1v) is 13.2. The standard InChI is InChI=1S/C29H25F4N7O4/c1-27(40-14-35-36-15-40)13-44-25-20(27)10-22(37-24(25)16-4-6-19(30)7-5-16)28(42,29(31,32)33)12-34-26(41)17-8-18-11-39(2)38-23(18)21(9-17)43-3/h4-11,14-15,42H,12-13H2,1-3H3,(H,34,41)/t27-,28?/m0/s1. The van der Waals surface area contributed by atoms with Gasteiger partial charge < -0.3 is 24.5 Å². The summed E-state index contributed by atoms with van der Waals surface area (Å²) in [5, 5.41) is 26.0. The van der Waals surface area contributed by atoms with Crippen LogP contribution in [-0.4, -0.2) is 67.0 Å². The molecule has 0 aliphatic carbocycles. The number of carbonyl (C=O) groups excluding carboxylic acids is 1. The van der Waals surface area contributed by atoms with Crippen LogP contribution in [0.1, 0.15) is 28.5 Å². The zero-order valence-corrected chi connectivity index (χ0v) is 23.6. The van der Waals surface area contributed by atoms with Gasteiger partial charge in [-0.2, -0.15) is 18.3 Å². The second-order valence-electron chi connectivity index (χ2n) is 10.6. The van der Waals surface area contributed by atoms with Gasteiger partial charge in [-0.1, -0.05) is 0 Å². The van der Waals surface area contributed by atoms with Crippen LogP contribution in [0.15, 0.2) is 61.3 Å². The number of carbonyl (C=O) groups is 1. The number of benzene rings is 2. The molecule has 2 atom stereocenters. The average Bonchev–Trinajstić information content (AvgIpc) is 3.74. The zero-order valence-electron chi connectivity index (χ0n) is 23.6. The molecule has 44 heavy (non-hydrogen) atoms. The fourth-order valence-corrected chi connectivity index (χ4v) is 5.21. The maximum Gasteiger partial charge on any atom is 0.424 e. The molecule has 11 nitrogen and oxygen atoms in total. The first-order valence-electron chi connectivity index (χ1n) is 13.2. The van der Waals surface area contributed by atoms with E-state index in [1.807, 2.05) is 0 Å². The van der Waals surface area contributed by atoms with Crippen LogP contribution in [0.25, 0.3) is 22.2 Å². The van der Waals surface area contributed by atoms with Crippen LogP contribution < -0.4 is 14.8 Å². The molecule has 0 bridgehead atoms. The smallest absolute Gasteiger partial charge is 0.424 e. The zero-order chi connectivity index (χ0) is 31.4. The summed E-state index contributed by atoms with van der Waals surface area (Å²) in [6.45, 7) is 0.415. The molecule has 0 saturated heterocycles. The van der Waals surface area contributed by atoms with Gasteiger partial charge in [-0.25, -0.2) is 9.37 Å². The molecular weight excluding hydrogens is 586 g/mol. The van der Waals surface area contributed by atoms with E-state index in [0.29, 0.717) is 10.9 Å². The molecule has 15 heteroatoms. The van der Waals surface area contributed by atoms with Gasteiger partial charge in [0.1, 0.15) is 47.6 Å². The highest BCUT2D eigenvalue weighted by atomic mass is 19.4. The number of rotatable bonds is 7. The monoisotopic (exact) mass is 611 g/mol. The Balaban J connectivity index is 1.44. The Hall–Kier alpha value is -5.05. The number of aromatic nitrogens is 6. The van der Waals surface area contributed by atoms with E-state index in [1.165, 1.54) is 48.7 Å². The normalized spacial score (nSPS) is 17.6. The summed E-state index contributed by atoms with van der Waals surface area (Å²) in [7, 11) is 3.05. The summed E-state index contributed by atoms with van der Waals surface area (Å²) in [5.41, 5.74) is -4.61.